The third-order valence-corrected chi connectivity index (χ3v) is 3.03. The Bertz CT molecular complexity index is 360. The van der Waals surface area contributed by atoms with Crippen LogP contribution in [0.3, 0.4) is 0 Å². The van der Waals surface area contributed by atoms with Gasteiger partial charge in [-0.05, 0) is 26.3 Å². The van der Waals surface area contributed by atoms with Gasteiger partial charge < -0.3 is 10.6 Å². The molecular formula is C11H18N4O. The molecule has 0 radical (unpaired) electrons. The number of amides is 1. The van der Waals surface area contributed by atoms with Crippen molar-refractivity contribution >= 4 is 11.7 Å². The van der Waals surface area contributed by atoms with E-state index in [-0.39, 0.29) is 11.8 Å². The summed E-state index contributed by atoms with van der Waals surface area (Å²) in [6, 6.07) is 1.88. The van der Waals surface area contributed by atoms with E-state index < -0.39 is 0 Å². The lowest BCUT2D eigenvalue weighted by Gasteiger charge is -2.21. The van der Waals surface area contributed by atoms with Gasteiger partial charge in [0.05, 0.1) is 5.92 Å². The molecule has 5 heteroatoms. The summed E-state index contributed by atoms with van der Waals surface area (Å²) >= 11 is 0. The predicted octanol–water partition coefficient (Wildman–Crippen LogP) is 0.667. The number of aryl methyl sites for hydroxylation is 2. The zero-order chi connectivity index (χ0) is 11.5. The molecule has 1 saturated heterocycles. The first-order valence-corrected chi connectivity index (χ1v) is 5.69. The zero-order valence-electron chi connectivity index (χ0n) is 9.79. The maximum Gasteiger partial charge on any atom is 0.229 e. The van der Waals surface area contributed by atoms with Gasteiger partial charge in [0.1, 0.15) is 0 Å². The molecule has 88 valence electrons. The van der Waals surface area contributed by atoms with Gasteiger partial charge in [0.2, 0.25) is 5.91 Å². The second kappa shape index (κ2) is 4.65. The molecule has 0 spiro atoms. The molecule has 2 heterocycles. The molecule has 1 aromatic rings. The van der Waals surface area contributed by atoms with E-state index in [4.69, 9.17) is 0 Å². The minimum atomic E-state index is 0.0744. The molecule has 1 amide bonds. The summed E-state index contributed by atoms with van der Waals surface area (Å²) < 4.78 is 1.76. The Morgan fingerprint density at radius 3 is 3.06 bits per heavy atom. The average molecular weight is 222 g/mol. The number of carbonyl (C=O) groups excluding carboxylic acids is 1. The van der Waals surface area contributed by atoms with Crippen LogP contribution >= 0.6 is 0 Å². The topological polar surface area (TPSA) is 59.0 Å². The highest BCUT2D eigenvalue weighted by atomic mass is 16.2. The second-order valence-corrected chi connectivity index (χ2v) is 4.33. The van der Waals surface area contributed by atoms with Crippen LogP contribution in [0.5, 0.6) is 0 Å². The SMILES string of the molecule is Cc1cc(NC(=O)C2CCCNC2)nn1C. The minimum absolute atomic E-state index is 0.0744. The van der Waals surface area contributed by atoms with E-state index >= 15 is 0 Å². The summed E-state index contributed by atoms with van der Waals surface area (Å²) in [5.41, 5.74) is 1.04. The Morgan fingerprint density at radius 1 is 1.69 bits per heavy atom. The highest BCUT2D eigenvalue weighted by Gasteiger charge is 2.21. The van der Waals surface area contributed by atoms with Gasteiger partial charge in [0.25, 0.3) is 0 Å². The van der Waals surface area contributed by atoms with E-state index in [1.807, 2.05) is 20.0 Å². The van der Waals surface area contributed by atoms with Crippen molar-refractivity contribution in [1.29, 1.82) is 0 Å². The highest BCUT2D eigenvalue weighted by molar-refractivity contribution is 5.91. The molecular weight excluding hydrogens is 204 g/mol. The number of hydrogen-bond acceptors (Lipinski definition) is 3. The van der Waals surface area contributed by atoms with Crippen LogP contribution < -0.4 is 10.6 Å². The van der Waals surface area contributed by atoms with E-state index in [2.05, 4.69) is 15.7 Å². The average Bonchev–Trinajstić information content (AvgIpc) is 2.59. The summed E-state index contributed by atoms with van der Waals surface area (Å²) in [5, 5.41) is 10.3. The lowest BCUT2D eigenvalue weighted by Crippen LogP contribution is -2.37. The number of piperidine rings is 1. The van der Waals surface area contributed by atoms with E-state index in [1.54, 1.807) is 4.68 Å². The summed E-state index contributed by atoms with van der Waals surface area (Å²) in [5.74, 6) is 0.803. The number of aromatic nitrogens is 2. The molecule has 2 rings (SSSR count). The van der Waals surface area contributed by atoms with E-state index in [9.17, 15) is 4.79 Å². The van der Waals surface area contributed by atoms with Gasteiger partial charge in [-0.3, -0.25) is 9.48 Å². The van der Waals surface area contributed by atoms with Crippen LogP contribution in [-0.4, -0.2) is 28.8 Å². The van der Waals surface area contributed by atoms with Crippen molar-refractivity contribution in [2.45, 2.75) is 19.8 Å². The quantitative estimate of drug-likeness (QED) is 0.773. The first-order chi connectivity index (χ1) is 7.66. The van der Waals surface area contributed by atoms with Crippen molar-refractivity contribution in [3.63, 3.8) is 0 Å². The Labute approximate surface area is 95.2 Å². The maximum atomic E-state index is 11.9. The molecule has 0 aromatic carbocycles. The van der Waals surface area contributed by atoms with E-state index in [1.165, 1.54) is 0 Å². The molecule has 1 atom stereocenters. The summed E-state index contributed by atoms with van der Waals surface area (Å²) in [7, 11) is 1.87. The largest absolute Gasteiger partial charge is 0.316 e. The first kappa shape index (κ1) is 11.1. The highest BCUT2D eigenvalue weighted by Crippen LogP contribution is 2.13. The molecule has 0 saturated carbocycles. The lowest BCUT2D eigenvalue weighted by atomic mass is 9.99. The number of nitrogens with zero attached hydrogens (tertiary/aromatic N) is 2. The van der Waals surface area contributed by atoms with Gasteiger partial charge >= 0.3 is 0 Å². The van der Waals surface area contributed by atoms with Crippen LogP contribution in [-0.2, 0) is 11.8 Å². The molecule has 1 unspecified atom stereocenters. The minimum Gasteiger partial charge on any atom is -0.316 e. The van der Waals surface area contributed by atoms with Crippen molar-refractivity contribution in [3.8, 4) is 0 Å². The maximum absolute atomic E-state index is 11.9. The third kappa shape index (κ3) is 2.41. The normalized spacial score (nSPS) is 20.8. The molecule has 1 aliphatic heterocycles. The molecule has 5 nitrogen and oxygen atoms in total. The number of rotatable bonds is 2. The van der Waals surface area contributed by atoms with Crippen LogP contribution in [0.15, 0.2) is 6.07 Å². The van der Waals surface area contributed by atoms with Gasteiger partial charge in [-0.25, -0.2) is 0 Å². The summed E-state index contributed by atoms with van der Waals surface area (Å²) in [4.78, 5) is 11.9. The molecule has 0 bridgehead atoms. The lowest BCUT2D eigenvalue weighted by molar-refractivity contribution is -0.120. The monoisotopic (exact) mass is 222 g/mol. The second-order valence-electron chi connectivity index (χ2n) is 4.33. The molecule has 16 heavy (non-hydrogen) atoms. The van der Waals surface area contributed by atoms with E-state index in [0.717, 1.165) is 31.6 Å². The zero-order valence-corrected chi connectivity index (χ0v) is 9.79. The Hall–Kier alpha value is -1.36. The van der Waals surface area contributed by atoms with Gasteiger partial charge in [0.15, 0.2) is 5.82 Å². The fourth-order valence-electron chi connectivity index (χ4n) is 1.93. The third-order valence-electron chi connectivity index (χ3n) is 3.03. The van der Waals surface area contributed by atoms with Crippen molar-refractivity contribution in [3.05, 3.63) is 11.8 Å². The van der Waals surface area contributed by atoms with Gasteiger partial charge in [0, 0.05) is 25.4 Å². The molecule has 2 N–H and O–H groups in total. The molecule has 0 aliphatic carbocycles. The Morgan fingerprint density at radius 2 is 2.50 bits per heavy atom. The van der Waals surface area contributed by atoms with E-state index in [0.29, 0.717) is 5.82 Å². The summed E-state index contributed by atoms with van der Waals surface area (Å²) in [6.45, 7) is 3.76. The first-order valence-electron chi connectivity index (χ1n) is 5.69. The van der Waals surface area contributed by atoms with Gasteiger partial charge in [-0.15, -0.1) is 0 Å². The molecule has 1 aromatic heterocycles. The van der Waals surface area contributed by atoms with Crippen LogP contribution in [0.2, 0.25) is 0 Å². The number of carbonyl (C=O) groups is 1. The Kier molecular flexibility index (Phi) is 3.24. The summed E-state index contributed by atoms with van der Waals surface area (Å²) in [6.07, 6.45) is 2.03. The smallest absolute Gasteiger partial charge is 0.229 e. The fourth-order valence-corrected chi connectivity index (χ4v) is 1.93. The Balaban J connectivity index is 1.95. The van der Waals surface area contributed by atoms with Crippen molar-refractivity contribution in [2.24, 2.45) is 13.0 Å². The predicted molar refractivity (Wildman–Crippen MR) is 62.2 cm³/mol. The fraction of sp³-hybridized carbons (Fsp3) is 0.636. The van der Waals surface area contributed by atoms with Crippen LogP contribution in [0.25, 0.3) is 0 Å². The number of nitrogens with one attached hydrogen (secondary N) is 2. The van der Waals surface area contributed by atoms with Crippen molar-refractivity contribution in [1.82, 2.24) is 15.1 Å². The van der Waals surface area contributed by atoms with Gasteiger partial charge in [-0.2, -0.15) is 5.10 Å². The number of hydrogen-bond donors (Lipinski definition) is 2. The van der Waals surface area contributed by atoms with Crippen LogP contribution in [0.1, 0.15) is 18.5 Å². The number of anilines is 1. The van der Waals surface area contributed by atoms with Gasteiger partial charge in [-0.1, -0.05) is 0 Å². The van der Waals surface area contributed by atoms with Crippen LogP contribution in [0.4, 0.5) is 5.82 Å². The van der Waals surface area contributed by atoms with Crippen LogP contribution in [0, 0.1) is 12.8 Å². The van der Waals surface area contributed by atoms with Crippen molar-refractivity contribution < 1.29 is 4.79 Å². The standard InChI is InChI=1S/C11H18N4O/c1-8-6-10(14-15(8)2)13-11(16)9-4-3-5-12-7-9/h6,9,12H,3-5,7H2,1-2H3,(H,13,14,16). The van der Waals surface area contributed by atoms with Crippen molar-refractivity contribution in [2.75, 3.05) is 18.4 Å². The molecule has 1 fully saturated rings. The molecule has 1 aliphatic rings.